The van der Waals surface area contributed by atoms with Crippen LogP contribution >= 0.6 is 0 Å². The molecule has 2 rings (SSSR count). The van der Waals surface area contributed by atoms with Crippen molar-refractivity contribution in [1.82, 2.24) is 9.88 Å². The van der Waals surface area contributed by atoms with Crippen molar-refractivity contribution < 1.29 is 9.53 Å². The number of carbonyl (C=O) groups is 1. The van der Waals surface area contributed by atoms with Gasteiger partial charge in [0.05, 0.1) is 19.0 Å². The van der Waals surface area contributed by atoms with E-state index in [1.165, 1.54) is 6.20 Å². The van der Waals surface area contributed by atoms with Crippen LogP contribution in [0.5, 0.6) is 5.75 Å². The second kappa shape index (κ2) is 6.71. The highest BCUT2D eigenvalue weighted by Gasteiger charge is 2.13. The third kappa shape index (κ3) is 3.70. The van der Waals surface area contributed by atoms with E-state index in [9.17, 15) is 4.79 Å². The monoisotopic (exact) mass is 286 g/mol. The summed E-state index contributed by atoms with van der Waals surface area (Å²) in [5.74, 6) is 5.91. The number of amides is 1. The van der Waals surface area contributed by atoms with Crippen molar-refractivity contribution in [3.63, 3.8) is 0 Å². The largest absolute Gasteiger partial charge is 0.497 e. The molecule has 3 N–H and O–H groups in total. The van der Waals surface area contributed by atoms with Gasteiger partial charge in [0.1, 0.15) is 11.4 Å². The molecule has 2 aromatic rings. The Morgan fingerprint density at radius 2 is 2.00 bits per heavy atom. The Morgan fingerprint density at radius 1 is 1.29 bits per heavy atom. The number of nitrogen functional groups attached to an aromatic ring is 1. The van der Waals surface area contributed by atoms with Gasteiger partial charge in [0.25, 0.3) is 5.91 Å². The summed E-state index contributed by atoms with van der Waals surface area (Å²) in [5, 5.41) is 0. The van der Waals surface area contributed by atoms with Crippen molar-refractivity contribution in [3.05, 3.63) is 53.9 Å². The van der Waals surface area contributed by atoms with Gasteiger partial charge < -0.3 is 15.1 Å². The Morgan fingerprint density at radius 3 is 2.52 bits per heavy atom. The third-order valence-corrected chi connectivity index (χ3v) is 3.07. The number of hydrazine groups is 1. The molecule has 0 unspecified atom stereocenters. The second-order valence-electron chi connectivity index (χ2n) is 4.59. The first-order valence-electron chi connectivity index (χ1n) is 6.45. The molecule has 0 aliphatic carbocycles. The molecule has 0 aliphatic rings. The van der Waals surface area contributed by atoms with Gasteiger partial charge in [-0.25, -0.2) is 4.98 Å². The number of anilines is 1. The van der Waals surface area contributed by atoms with Crippen molar-refractivity contribution in [1.29, 1.82) is 0 Å². The number of nitrogens with one attached hydrogen (secondary N) is 1. The summed E-state index contributed by atoms with van der Waals surface area (Å²) >= 11 is 0. The molecule has 1 amide bonds. The third-order valence-electron chi connectivity index (χ3n) is 3.07. The van der Waals surface area contributed by atoms with Gasteiger partial charge in [-0.05, 0) is 29.8 Å². The minimum Gasteiger partial charge on any atom is -0.497 e. The summed E-state index contributed by atoms with van der Waals surface area (Å²) < 4.78 is 5.11. The molecule has 0 spiro atoms. The minimum atomic E-state index is -0.144. The molecular weight excluding hydrogens is 268 g/mol. The van der Waals surface area contributed by atoms with E-state index in [4.69, 9.17) is 10.6 Å². The lowest BCUT2D eigenvalue weighted by Crippen LogP contribution is -2.27. The predicted molar refractivity (Wildman–Crippen MR) is 80.8 cm³/mol. The smallest absolute Gasteiger partial charge is 0.272 e. The zero-order valence-electron chi connectivity index (χ0n) is 12.0. The van der Waals surface area contributed by atoms with Crippen molar-refractivity contribution in [2.45, 2.75) is 6.54 Å². The van der Waals surface area contributed by atoms with Crippen LogP contribution in [0.3, 0.4) is 0 Å². The number of methoxy groups -OCH3 is 1. The average Bonchev–Trinajstić information content (AvgIpc) is 2.55. The van der Waals surface area contributed by atoms with E-state index in [0.717, 1.165) is 11.3 Å². The number of nitrogens with two attached hydrogens (primary N) is 1. The molecule has 0 aliphatic heterocycles. The lowest BCUT2D eigenvalue weighted by Gasteiger charge is -2.17. The fraction of sp³-hybridized carbons (Fsp3) is 0.200. The summed E-state index contributed by atoms with van der Waals surface area (Å²) in [7, 11) is 3.36. The lowest BCUT2D eigenvalue weighted by atomic mass is 10.2. The van der Waals surface area contributed by atoms with Crippen LogP contribution in [0.2, 0.25) is 0 Å². The summed E-state index contributed by atoms with van der Waals surface area (Å²) in [5.41, 5.74) is 4.53. The fourth-order valence-corrected chi connectivity index (χ4v) is 1.88. The van der Waals surface area contributed by atoms with Crippen LogP contribution in [0.4, 0.5) is 5.69 Å². The SMILES string of the molecule is COc1ccc(CN(C)C(=O)c2ccc(NN)cn2)cc1. The highest BCUT2D eigenvalue weighted by atomic mass is 16.5. The summed E-state index contributed by atoms with van der Waals surface area (Å²) in [6, 6.07) is 10.9. The van der Waals surface area contributed by atoms with E-state index in [1.54, 1.807) is 31.2 Å². The van der Waals surface area contributed by atoms with Crippen LogP contribution in [-0.2, 0) is 6.54 Å². The maximum atomic E-state index is 12.3. The van der Waals surface area contributed by atoms with Crippen molar-refractivity contribution >= 4 is 11.6 Å². The van der Waals surface area contributed by atoms with E-state index in [2.05, 4.69) is 10.4 Å². The van der Waals surface area contributed by atoms with Crippen LogP contribution in [0.15, 0.2) is 42.6 Å². The number of rotatable bonds is 5. The number of pyridine rings is 1. The van der Waals surface area contributed by atoms with Crippen LogP contribution in [0.25, 0.3) is 0 Å². The molecule has 1 aromatic carbocycles. The molecule has 1 aromatic heterocycles. The van der Waals surface area contributed by atoms with Gasteiger partial charge in [0.2, 0.25) is 0 Å². The summed E-state index contributed by atoms with van der Waals surface area (Å²) in [6.45, 7) is 0.501. The zero-order valence-corrected chi connectivity index (χ0v) is 12.0. The van der Waals surface area contributed by atoms with Crippen molar-refractivity contribution in [3.8, 4) is 5.75 Å². The van der Waals surface area contributed by atoms with Gasteiger partial charge >= 0.3 is 0 Å². The predicted octanol–water partition coefficient (Wildman–Crippen LogP) is 1.65. The van der Waals surface area contributed by atoms with E-state index >= 15 is 0 Å². The van der Waals surface area contributed by atoms with E-state index in [1.807, 2.05) is 24.3 Å². The quantitative estimate of drug-likeness (QED) is 0.645. The van der Waals surface area contributed by atoms with Gasteiger partial charge in [0.15, 0.2) is 0 Å². The molecule has 6 nitrogen and oxygen atoms in total. The molecule has 1 heterocycles. The molecule has 0 bridgehead atoms. The first-order valence-corrected chi connectivity index (χ1v) is 6.45. The van der Waals surface area contributed by atoms with E-state index in [-0.39, 0.29) is 5.91 Å². The maximum Gasteiger partial charge on any atom is 0.272 e. The van der Waals surface area contributed by atoms with Gasteiger partial charge in [-0.2, -0.15) is 0 Å². The van der Waals surface area contributed by atoms with Crippen molar-refractivity contribution in [2.75, 3.05) is 19.6 Å². The Hall–Kier alpha value is -2.60. The molecule has 6 heteroatoms. The van der Waals surface area contributed by atoms with Gasteiger partial charge in [-0.1, -0.05) is 12.1 Å². The van der Waals surface area contributed by atoms with Crippen LogP contribution < -0.4 is 16.0 Å². The summed E-state index contributed by atoms with van der Waals surface area (Å²) in [6.07, 6.45) is 1.52. The Bertz CT molecular complexity index is 596. The topological polar surface area (TPSA) is 80.5 Å². The number of ether oxygens (including phenoxy) is 1. The van der Waals surface area contributed by atoms with E-state index < -0.39 is 0 Å². The molecule has 0 atom stereocenters. The van der Waals surface area contributed by atoms with Crippen LogP contribution in [0, 0.1) is 0 Å². The molecule has 110 valence electrons. The number of hydrogen-bond acceptors (Lipinski definition) is 5. The number of nitrogens with zero attached hydrogens (tertiary/aromatic N) is 2. The van der Waals surface area contributed by atoms with Gasteiger partial charge in [-0.15, -0.1) is 0 Å². The van der Waals surface area contributed by atoms with Crippen molar-refractivity contribution in [2.24, 2.45) is 5.84 Å². The summed E-state index contributed by atoms with van der Waals surface area (Å²) in [4.78, 5) is 18.0. The van der Waals surface area contributed by atoms with Crippen LogP contribution in [-0.4, -0.2) is 29.9 Å². The Balaban J connectivity index is 2.03. The molecule has 0 saturated heterocycles. The minimum absolute atomic E-state index is 0.144. The first-order chi connectivity index (χ1) is 10.1. The van der Waals surface area contributed by atoms with Gasteiger partial charge in [-0.3, -0.25) is 10.6 Å². The van der Waals surface area contributed by atoms with Gasteiger partial charge in [0, 0.05) is 13.6 Å². The number of carbonyl (C=O) groups excluding carboxylic acids is 1. The lowest BCUT2D eigenvalue weighted by molar-refractivity contribution is 0.0779. The molecule has 0 fully saturated rings. The molecular formula is C15H18N4O2. The number of hydrogen-bond donors (Lipinski definition) is 2. The normalized spacial score (nSPS) is 10.0. The molecule has 0 saturated carbocycles. The Kier molecular flexibility index (Phi) is 4.73. The second-order valence-corrected chi connectivity index (χ2v) is 4.59. The number of benzene rings is 1. The fourth-order valence-electron chi connectivity index (χ4n) is 1.88. The average molecular weight is 286 g/mol. The molecule has 0 radical (unpaired) electrons. The highest BCUT2D eigenvalue weighted by molar-refractivity contribution is 5.92. The standard InChI is InChI=1S/C15H18N4O2/c1-19(10-11-3-6-13(21-2)7-4-11)15(20)14-8-5-12(18-16)9-17-14/h3-9,18H,10,16H2,1-2H3. The maximum absolute atomic E-state index is 12.3. The molecule has 21 heavy (non-hydrogen) atoms. The Labute approximate surface area is 123 Å². The number of aromatic nitrogens is 1. The first kappa shape index (κ1) is 14.8. The highest BCUT2D eigenvalue weighted by Crippen LogP contribution is 2.14. The van der Waals surface area contributed by atoms with Crippen LogP contribution in [0.1, 0.15) is 16.1 Å². The van der Waals surface area contributed by atoms with E-state index in [0.29, 0.717) is 17.9 Å². The zero-order chi connectivity index (χ0) is 15.2.